The fourth-order valence-electron chi connectivity index (χ4n) is 1.34. The Labute approximate surface area is 77.8 Å². The summed E-state index contributed by atoms with van der Waals surface area (Å²) in [6, 6.07) is 0. The van der Waals surface area contributed by atoms with Crippen LogP contribution in [-0.2, 0) is 0 Å². The zero-order chi connectivity index (χ0) is 8.97. The van der Waals surface area contributed by atoms with Gasteiger partial charge in [0.2, 0.25) is 0 Å². The van der Waals surface area contributed by atoms with Crippen molar-refractivity contribution >= 4 is 17.0 Å². The highest BCUT2D eigenvalue weighted by molar-refractivity contribution is 8.16. The van der Waals surface area contributed by atoms with Crippen LogP contribution in [0.5, 0.6) is 0 Å². The summed E-state index contributed by atoms with van der Waals surface area (Å²) < 4.78 is 0. The molecule has 1 N–H and O–H groups in total. The second-order valence-corrected chi connectivity index (χ2v) is 4.24. The number of thioether (sulfide) groups is 1. The summed E-state index contributed by atoms with van der Waals surface area (Å²) in [6.45, 7) is 2.20. The van der Waals surface area contributed by atoms with Gasteiger partial charge in [-0.15, -0.1) is 0 Å². The number of hydrogen-bond donors (Lipinski definition) is 1. The number of allylic oxidation sites excluding steroid dienone is 2. The smallest absolute Gasteiger partial charge is 0.283 e. The topological polar surface area (TPSA) is 29.1 Å². The summed E-state index contributed by atoms with van der Waals surface area (Å²) in [5.41, 5.74) is 0. The van der Waals surface area contributed by atoms with Gasteiger partial charge in [0.05, 0.1) is 0 Å². The molecule has 0 aromatic heterocycles. The van der Waals surface area contributed by atoms with Gasteiger partial charge in [0, 0.05) is 7.05 Å². The molecule has 0 saturated heterocycles. The van der Waals surface area contributed by atoms with Crippen LogP contribution in [0.15, 0.2) is 11.0 Å². The Morgan fingerprint density at radius 1 is 1.75 bits per heavy atom. The van der Waals surface area contributed by atoms with Crippen LogP contribution in [-0.4, -0.2) is 12.3 Å². The normalized spacial score (nSPS) is 23.2. The maximum atomic E-state index is 11.0. The molecule has 0 heterocycles. The van der Waals surface area contributed by atoms with E-state index in [1.807, 2.05) is 0 Å². The van der Waals surface area contributed by atoms with Gasteiger partial charge in [-0.1, -0.05) is 13.0 Å². The minimum atomic E-state index is 0.0513. The van der Waals surface area contributed by atoms with E-state index in [9.17, 15) is 4.79 Å². The number of nitrogens with one attached hydrogen (secondary N) is 1. The number of rotatable bonds is 1. The van der Waals surface area contributed by atoms with Crippen molar-refractivity contribution in [3.63, 3.8) is 0 Å². The standard InChI is InChI=1S/C9H15NOS/c1-7-4-3-5-8(6-7)12-9(11)10-2/h6-7H,3-5H2,1-2H3,(H,10,11). The number of amides is 1. The highest BCUT2D eigenvalue weighted by atomic mass is 32.2. The monoisotopic (exact) mass is 185 g/mol. The minimum Gasteiger partial charge on any atom is -0.350 e. The van der Waals surface area contributed by atoms with E-state index in [1.165, 1.54) is 29.5 Å². The molecular weight excluding hydrogens is 170 g/mol. The first kappa shape index (κ1) is 9.65. The lowest BCUT2D eigenvalue weighted by molar-refractivity contribution is 0.262. The van der Waals surface area contributed by atoms with Gasteiger partial charge in [0.1, 0.15) is 0 Å². The fourth-order valence-corrected chi connectivity index (χ4v) is 2.22. The lowest BCUT2D eigenvalue weighted by atomic mass is 9.98. The third-order valence-electron chi connectivity index (χ3n) is 1.98. The molecule has 1 amide bonds. The quantitative estimate of drug-likeness (QED) is 0.680. The average Bonchev–Trinajstić information content (AvgIpc) is 2.04. The van der Waals surface area contributed by atoms with Gasteiger partial charge < -0.3 is 5.32 Å². The Hall–Kier alpha value is -0.440. The number of carbonyl (C=O) groups excluding carboxylic acids is 1. The fraction of sp³-hybridized carbons (Fsp3) is 0.667. The Kier molecular flexibility index (Phi) is 3.66. The Bertz CT molecular complexity index is 201. The largest absolute Gasteiger partial charge is 0.350 e. The van der Waals surface area contributed by atoms with Crippen molar-refractivity contribution < 1.29 is 4.79 Å². The number of carbonyl (C=O) groups is 1. The summed E-state index contributed by atoms with van der Waals surface area (Å²) in [7, 11) is 1.67. The molecule has 12 heavy (non-hydrogen) atoms. The first-order chi connectivity index (χ1) is 5.72. The average molecular weight is 185 g/mol. The second-order valence-electron chi connectivity index (χ2n) is 3.14. The molecule has 0 aliphatic heterocycles. The summed E-state index contributed by atoms with van der Waals surface area (Å²) in [6.07, 6.45) is 5.76. The Morgan fingerprint density at radius 2 is 2.50 bits per heavy atom. The maximum Gasteiger partial charge on any atom is 0.283 e. The van der Waals surface area contributed by atoms with E-state index in [0.717, 1.165) is 6.42 Å². The molecule has 1 atom stereocenters. The van der Waals surface area contributed by atoms with Crippen LogP contribution >= 0.6 is 11.8 Å². The van der Waals surface area contributed by atoms with Crippen molar-refractivity contribution in [1.29, 1.82) is 0 Å². The Balaban J connectivity index is 2.45. The summed E-state index contributed by atoms with van der Waals surface area (Å²) in [4.78, 5) is 12.2. The molecule has 0 aromatic carbocycles. The zero-order valence-corrected chi connectivity index (χ0v) is 8.41. The molecule has 1 rings (SSSR count). The van der Waals surface area contributed by atoms with Gasteiger partial charge in [-0.2, -0.15) is 0 Å². The van der Waals surface area contributed by atoms with E-state index < -0.39 is 0 Å². The highest BCUT2D eigenvalue weighted by Crippen LogP contribution is 2.30. The molecule has 0 aromatic rings. The molecule has 0 radical (unpaired) electrons. The van der Waals surface area contributed by atoms with Gasteiger partial charge in [0.15, 0.2) is 0 Å². The molecule has 1 unspecified atom stereocenters. The highest BCUT2D eigenvalue weighted by Gasteiger charge is 2.12. The summed E-state index contributed by atoms with van der Waals surface area (Å²) in [5, 5.41) is 2.66. The van der Waals surface area contributed by atoms with Crippen molar-refractivity contribution in [1.82, 2.24) is 5.32 Å². The molecule has 0 spiro atoms. The van der Waals surface area contributed by atoms with Gasteiger partial charge in [-0.05, 0) is 41.8 Å². The van der Waals surface area contributed by atoms with Gasteiger partial charge >= 0.3 is 0 Å². The van der Waals surface area contributed by atoms with Gasteiger partial charge in [0.25, 0.3) is 5.24 Å². The molecule has 1 aliphatic rings. The lowest BCUT2D eigenvalue weighted by Crippen LogP contribution is -2.12. The first-order valence-electron chi connectivity index (χ1n) is 4.32. The third-order valence-corrected chi connectivity index (χ3v) is 2.97. The van der Waals surface area contributed by atoms with Crippen molar-refractivity contribution in [2.45, 2.75) is 26.2 Å². The van der Waals surface area contributed by atoms with Crippen molar-refractivity contribution in [2.24, 2.45) is 5.92 Å². The summed E-state index contributed by atoms with van der Waals surface area (Å²) >= 11 is 1.34. The van der Waals surface area contributed by atoms with Crippen LogP contribution < -0.4 is 5.32 Å². The third kappa shape index (κ3) is 2.89. The van der Waals surface area contributed by atoms with Crippen LogP contribution in [0.3, 0.4) is 0 Å². The number of hydrogen-bond acceptors (Lipinski definition) is 2. The zero-order valence-electron chi connectivity index (χ0n) is 7.59. The van der Waals surface area contributed by atoms with Crippen molar-refractivity contribution in [2.75, 3.05) is 7.05 Å². The molecule has 68 valence electrons. The van der Waals surface area contributed by atoms with Crippen LogP contribution in [0.4, 0.5) is 4.79 Å². The second kappa shape index (κ2) is 4.55. The maximum absolute atomic E-state index is 11.0. The first-order valence-corrected chi connectivity index (χ1v) is 5.14. The van der Waals surface area contributed by atoms with Crippen LogP contribution in [0.2, 0.25) is 0 Å². The summed E-state index contributed by atoms with van der Waals surface area (Å²) in [5.74, 6) is 0.644. The predicted molar refractivity (Wildman–Crippen MR) is 53.1 cm³/mol. The van der Waals surface area contributed by atoms with Crippen LogP contribution in [0.1, 0.15) is 26.2 Å². The van der Waals surface area contributed by atoms with E-state index in [0.29, 0.717) is 5.92 Å². The van der Waals surface area contributed by atoms with Gasteiger partial charge in [-0.25, -0.2) is 0 Å². The predicted octanol–water partition coefficient (Wildman–Crippen LogP) is 2.76. The molecule has 2 nitrogen and oxygen atoms in total. The SMILES string of the molecule is CNC(=O)SC1=CC(C)CCC1. The molecule has 0 fully saturated rings. The molecule has 1 aliphatic carbocycles. The lowest BCUT2D eigenvalue weighted by Gasteiger charge is -2.16. The van der Waals surface area contributed by atoms with E-state index in [4.69, 9.17) is 0 Å². The van der Waals surface area contributed by atoms with E-state index >= 15 is 0 Å². The Morgan fingerprint density at radius 3 is 3.08 bits per heavy atom. The van der Waals surface area contributed by atoms with E-state index in [2.05, 4.69) is 18.3 Å². The van der Waals surface area contributed by atoms with Crippen molar-refractivity contribution in [3.8, 4) is 0 Å². The van der Waals surface area contributed by atoms with E-state index in [-0.39, 0.29) is 5.24 Å². The molecular formula is C9H15NOS. The van der Waals surface area contributed by atoms with Crippen LogP contribution in [0.25, 0.3) is 0 Å². The minimum absolute atomic E-state index is 0.0513. The molecule has 0 bridgehead atoms. The van der Waals surface area contributed by atoms with E-state index in [1.54, 1.807) is 7.05 Å². The van der Waals surface area contributed by atoms with Crippen LogP contribution in [0, 0.1) is 5.92 Å². The molecule has 0 saturated carbocycles. The molecule has 3 heteroatoms. The van der Waals surface area contributed by atoms with Crippen molar-refractivity contribution in [3.05, 3.63) is 11.0 Å². The van der Waals surface area contributed by atoms with Gasteiger partial charge in [-0.3, -0.25) is 4.79 Å².